The Morgan fingerprint density at radius 2 is 1.57 bits per heavy atom. The molecule has 0 spiro atoms. The molecule has 0 N–H and O–H groups in total. The van der Waals surface area contributed by atoms with Crippen molar-refractivity contribution in [3.8, 4) is 0 Å². The van der Waals surface area contributed by atoms with Gasteiger partial charge in [0.2, 0.25) is 0 Å². The lowest BCUT2D eigenvalue weighted by Gasteiger charge is -1.84. The maximum Gasteiger partial charge on any atom is 0.00907 e. The Hall–Kier alpha value is 0.210. The van der Waals surface area contributed by atoms with Gasteiger partial charge in [0.1, 0.15) is 0 Å². The molecule has 0 aliphatic rings. The largest absolute Gasteiger partial charge is 0.143 e. The number of hydrogen-bond acceptors (Lipinski definition) is 0. The van der Waals surface area contributed by atoms with Gasteiger partial charge in [0.05, 0.1) is 0 Å². The van der Waals surface area contributed by atoms with Gasteiger partial charge < -0.3 is 0 Å². The summed E-state index contributed by atoms with van der Waals surface area (Å²) in [5, 5.41) is 0. The van der Waals surface area contributed by atoms with Crippen molar-refractivity contribution in [2.75, 3.05) is 8.86 Å². The third-order valence-corrected chi connectivity index (χ3v) is 2.93. The molecule has 0 aromatic carbocycles. The van der Waals surface area contributed by atoms with Crippen molar-refractivity contribution in [2.45, 2.75) is 0 Å². The Morgan fingerprint density at radius 3 is 1.86 bits per heavy atom. The highest BCUT2D eigenvalue weighted by Gasteiger charge is 1.73. The predicted molar refractivity (Wildman–Crippen MR) is 44.1 cm³/mol. The summed E-state index contributed by atoms with van der Waals surface area (Å²) in [7, 11) is 0. The third kappa shape index (κ3) is 6.21. The van der Waals surface area contributed by atoms with E-state index in [1.165, 1.54) is 8.86 Å². The molecule has 0 aromatic heterocycles. The van der Waals surface area contributed by atoms with Crippen LogP contribution in [0.5, 0.6) is 0 Å². The molecule has 0 atom stereocenters. The molecule has 0 nitrogen and oxygen atoms in total. The van der Waals surface area contributed by atoms with Gasteiger partial charge in [-0.2, -0.15) is 0 Å². The van der Waals surface area contributed by atoms with Crippen molar-refractivity contribution >= 4 is 21.2 Å². The molecule has 0 rings (SSSR count). The normalized spacial score (nSPS) is 8.00. The minimum Gasteiger partial charge on any atom is -0.143 e. The quantitative estimate of drug-likeness (QED) is 0.288. The Bertz CT molecular complexity index is 49.2. The zero-order chi connectivity index (χ0) is 5.54. The Balaban J connectivity index is 2.68. The molecular weight excluding hydrogens is 199 g/mol. The molecule has 0 fully saturated rings. The van der Waals surface area contributed by atoms with E-state index in [9.17, 15) is 0 Å². The lowest BCUT2D eigenvalue weighted by Crippen LogP contribution is -1.65. The fourth-order valence-corrected chi connectivity index (χ4v) is 1.46. The van der Waals surface area contributed by atoms with Crippen LogP contribution in [0.4, 0.5) is 0 Å². The summed E-state index contributed by atoms with van der Waals surface area (Å²) < 4.78 is 2.45. The molecule has 0 aliphatic heterocycles. The van der Waals surface area contributed by atoms with Crippen molar-refractivity contribution in [3.63, 3.8) is 0 Å². The monoisotopic (exact) mass is 209 g/mol. The second-order valence-electron chi connectivity index (χ2n) is 1.07. The van der Waals surface area contributed by atoms with Crippen LogP contribution in [0, 0.1) is 0 Å². The standard InChI is InChI=1S/C6H10I/c1-3-5-7-6-4-2/h3-4H,1-2,5-6H2. The predicted octanol–water partition coefficient (Wildman–Crippen LogP) is 2.33. The van der Waals surface area contributed by atoms with Crippen molar-refractivity contribution in [1.82, 2.24) is 0 Å². The van der Waals surface area contributed by atoms with Crippen LogP contribution in [0.3, 0.4) is 0 Å². The lowest BCUT2D eigenvalue weighted by molar-refractivity contribution is 1.85. The first-order chi connectivity index (χ1) is 3.41. The fraction of sp³-hybridized carbons (Fsp3) is 0.333. The minimum absolute atomic E-state index is 0.389. The smallest absolute Gasteiger partial charge is 0.00907 e. The summed E-state index contributed by atoms with van der Waals surface area (Å²) >= 11 is 0.389. The zero-order valence-corrected chi connectivity index (χ0v) is 6.52. The molecule has 0 bridgehead atoms. The van der Waals surface area contributed by atoms with Crippen molar-refractivity contribution in [1.29, 1.82) is 0 Å². The molecule has 0 heterocycles. The molecule has 1 heteroatoms. The number of alkyl halides is 2. The first kappa shape index (κ1) is 7.21. The van der Waals surface area contributed by atoms with Gasteiger partial charge in [0.15, 0.2) is 0 Å². The Morgan fingerprint density at radius 1 is 1.14 bits per heavy atom. The summed E-state index contributed by atoms with van der Waals surface area (Å²) in [6.45, 7) is 7.25. The highest BCUT2D eigenvalue weighted by atomic mass is 127. The lowest BCUT2D eigenvalue weighted by atomic mass is 10.8. The summed E-state index contributed by atoms with van der Waals surface area (Å²) in [4.78, 5) is 0. The Labute approximate surface area is 55.6 Å². The zero-order valence-electron chi connectivity index (χ0n) is 4.36. The summed E-state index contributed by atoms with van der Waals surface area (Å²) in [6, 6.07) is 0. The highest BCUT2D eigenvalue weighted by Crippen LogP contribution is 2.08. The minimum atomic E-state index is 0.389. The first-order valence-corrected chi connectivity index (χ1v) is 5.22. The van der Waals surface area contributed by atoms with Gasteiger partial charge >= 0.3 is 0 Å². The summed E-state index contributed by atoms with van der Waals surface area (Å²) in [5.74, 6) is 0. The summed E-state index contributed by atoms with van der Waals surface area (Å²) in [5.41, 5.74) is 0. The third-order valence-electron chi connectivity index (χ3n) is 0.436. The van der Waals surface area contributed by atoms with E-state index >= 15 is 0 Å². The van der Waals surface area contributed by atoms with E-state index < -0.39 is 0 Å². The van der Waals surface area contributed by atoms with Crippen LogP contribution in [0.2, 0.25) is 0 Å². The number of allylic oxidation sites excluding steroid dienone is 2. The van der Waals surface area contributed by atoms with Crippen LogP contribution >= 0.6 is 21.2 Å². The van der Waals surface area contributed by atoms with E-state index in [2.05, 4.69) is 13.2 Å². The molecule has 0 amide bonds. The molecule has 0 saturated carbocycles. The molecule has 0 unspecified atom stereocenters. The SMILES string of the molecule is C=CC[I]CC=C. The first-order valence-electron chi connectivity index (χ1n) is 2.17. The van der Waals surface area contributed by atoms with Crippen LogP contribution in [-0.4, -0.2) is 8.86 Å². The van der Waals surface area contributed by atoms with E-state index in [-0.39, 0.29) is 0 Å². The molecule has 0 saturated heterocycles. The van der Waals surface area contributed by atoms with Crippen LogP contribution in [0.15, 0.2) is 25.3 Å². The van der Waals surface area contributed by atoms with E-state index in [1.807, 2.05) is 12.2 Å². The van der Waals surface area contributed by atoms with E-state index in [4.69, 9.17) is 0 Å². The van der Waals surface area contributed by atoms with Gasteiger partial charge in [-0.05, 0) is 0 Å². The maximum atomic E-state index is 3.63. The molecule has 7 heavy (non-hydrogen) atoms. The van der Waals surface area contributed by atoms with Gasteiger partial charge in [0.25, 0.3) is 0 Å². The van der Waals surface area contributed by atoms with E-state index in [1.54, 1.807) is 0 Å². The van der Waals surface area contributed by atoms with E-state index in [0.29, 0.717) is 21.2 Å². The molecule has 1 radical (unpaired) electrons. The van der Waals surface area contributed by atoms with Crippen LogP contribution in [0.1, 0.15) is 0 Å². The highest BCUT2D eigenvalue weighted by molar-refractivity contribution is 14.2. The average Bonchev–Trinajstić information content (AvgIpc) is 1.69. The van der Waals surface area contributed by atoms with Gasteiger partial charge in [-0.15, -0.1) is 34.4 Å². The topological polar surface area (TPSA) is 0 Å². The van der Waals surface area contributed by atoms with Crippen LogP contribution < -0.4 is 0 Å². The van der Waals surface area contributed by atoms with Gasteiger partial charge in [-0.25, -0.2) is 0 Å². The number of hydrogen-bond donors (Lipinski definition) is 0. The fourth-order valence-electron chi connectivity index (χ4n) is 0.217. The average molecular weight is 209 g/mol. The molecule has 0 aliphatic carbocycles. The van der Waals surface area contributed by atoms with E-state index in [0.717, 1.165) is 0 Å². The van der Waals surface area contributed by atoms with Crippen molar-refractivity contribution < 1.29 is 0 Å². The van der Waals surface area contributed by atoms with Gasteiger partial charge in [-0.1, -0.05) is 12.2 Å². The van der Waals surface area contributed by atoms with Gasteiger partial charge in [-0.3, -0.25) is 0 Å². The second kappa shape index (κ2) is 6.21. The van der Waals surface area contributed by atoms with Gasteiger partial charge in [0, 0.05) is 8.86 Å². The molecule has 0 aromatic rings. The van der Waals surface area contributed by atoms with Crippen LogP contribution in [-0.2, 0) is 0 Å². The van der Waals surface area contributed by atoms with Crippen molar-refractivity contribution in [2.24, 2.45) is 0 Å². The Kier molecular flexibility index (Phi) is 6.40. The second-order valence-corrected chi connectivity index (χ2v) is 3.92. The summed E-state index contributed by atoms with van der Waals surface area (Å²) in [6.07, 6.45) is 3.97. The number of halogens is 1. The number of rotatable bonds is 4. The molecule has 41 valence electrons. The molecular formula is C6H10I. The maximum absolute atomic E-state index is 3.63. The van der Waals surface area contributed by atoms with Crippen LogP contribution in [0.25, 0.3) is 0 Å². The van der Waals surface area contributed by atoms with Crippen molar-refractivity contribution in [3.05, 3.63) is 25.3 Å².